The summed E-state index contributed by atoms with van der Waals surface area (Å²) in [5, 5.41) is 0. The van der Waals surface area contributed by atoms with Crippen molar-refractivity contribution < 1.29 is 9.53 Å². The van der Waals surface area contributed by atoms with Crippen LogP contribution in [0.3, 0.4) is 0 Å². The zero-order valence-electron chi connectivity index (χ0n) is 10.7. The van der Waals surface area contributed by atoms with Gasteiger partial charge in [-0.1, -0.05) is 12.1 Å². The molecule has 2 heteroatoms. The SMILES string of the molecule is O=C[C@H]1CC[C@H](Oc2ccc(C3CC3)cc2)CC1. The summed E-state index contributed by atoms with van der Waals surface area (Å²) in [6.45, 7) is 0. The van der Waals surface area contributed by atoms with E-state index in [1.54, 1.807) is 0 Å². The molecular formula is C16H20O2. The number of carbonyl (C=O) groups excluding carboxylic acids is 1. The zero-order chi connectivity index (χ0) is 12.4. The number of aldehydes is 1. The van der Waals surface area contributed by atoms with Gasteiger partial charge >= 0.3 is 0 Å². The molecular weight excluding hydrogens is 224 g/mol. The summed E-state index contributed by atoms with van der Waals surface area (Å²) < 4.78 is 5.99. The number of rotatable bonds is 4. The first kappa shape index (κ1) is 11.8. The van der Waals surface area contributed by atoms with E-state index in [4.69, 9.17) is 4.74 Å². The molecule has 18 heavy (non-hydrogen) atoms. The summed E-state index contributed by atoms with van der Waals surface area (Å²) in [5.41, 5.74) is 1.45. The third-order valence-corrected chi connectivity index (χ3v) is 4.14. The quantitative estimate of drug-likeness (QED) is 0.755. The van der Waals surface area contributed by atoms with Gasteiger partial charge in [0.25, 0.3) is 0 Å². The van der Waals surface area contributed by atoms with Gasteiger partial charge < -0.3 is 9.53 Å². The second-order valence-corrected chi connectivity index (χ2v) is 5.63. The summed E-state index contributed by atoms with van der Waals surface area (Å²) in [4.78, 5) is 10.7. The Hall–Kier alpha value is -1.31. The van der Waals surface area contributed by atoms with Crippen molar-refractivity contribution in [2.24, 2.45) is 5.92 Å². The second-order valence-electron chi connectivity index (χ2n) is 5.63. The minimum atomic E-state index is 0.266. The predicted octanol–water partition coefficient (Wildman–Crippen LogP) is 3.70. The van der Waals surface area contributed by atoms with Gasteiger partial charge in [0.2, 0.25) is 0 Å². The Morgan fingerprint density at radius 2 is 1.61 bits per heavy atom. The molecule has 2 saturated carbocycles. The molecule has 96 valence electrons. The van der Waals surface area contributed by atoms with E-state index in [1.807, 2.05) is 0 Å². The number of hydrogen-bond acceptors (Lipinski definition) is 2. The molecule has 0 heterocycles. The van der Waals surface area contributed by atoms with E-state index >= 15 is 0 Å². The summed E-state index contributed by atoms with van der Waals surface area (Å²) in [6.07, 6.45) is 8.06. The van der Waals surface area contributed by atoms with Crippen LogP contribution in [0.1, 0.15) is 50.0 Å². The molecule has 2 aliphatic carbocycles. The lowest BCUT2D eigenvalue weighted by Crippen LogP contribution is -2.24. The monoisotopic (exact) mass is 244 g/mol. The van der Waals surface area contributed by atoms with Gasteiger partial charge in [-0.2, -0.15) is 0 Å². The fourth-order valence-electron chi connectivity index (χ4n) is 2.77. The van der Waals surface area contributed by atoms with Crippen LogP contribution < -0.4 is 4.74 Å². The smallest absolute Gasteiger partial charge is 0.123 e. The van der Waals surface area contributed by atoms with Crippen LogP contribution in [0.5, 0.6) is 5.75 Å². The molecule has 2 nitrogen and oxygen atoms in total. The maximum absolute atomic E-state index is 10.7. The van der Waals surface area contributed by atoms with Crippen molar-refractivity contribution in [1.82, 2.24) is 0 Å². The molecule has 0 spiro atoms. The minimum Gasteiger partial charge on any atom is -0.490 e. The summed E-state index contributed by atoms with van der Waals surface area (Å²) >= 11 is 0. The van der Waals surface area contributed by atoms with Gasteiger partial charge in [-0.3, -0.25) is 0 Å². The summed E-state index contributed by atoms with van der Waals surface area (Å²) in [7, 11) is 0. The lowest BCUT2D eigenvalue weighted by molar-refractivity contribution is -0.112. The number of carbonyl (C=O) groups is 1. The van der Waals surface area contributed by atoms with Gasteiger partial charge in [0.05, 0.1) is 6.10 Å². The third kappa shape index (κ3) is 2.74. The summed E-state index contributed by atoms with van der Waals surface area (Å²) in [5.74, 6) is 2.05. The van der Waals surface area contributed by atoms with Crippen molar-refractivity contribution in [2.45, 2.75) is 50.5 Å². The van der Waals surface area contributed by atoms with Crippen LogP contribution in [-0.2, 0) is 4.79 Å². The Kier molecular flexibility index (Phi) is 3.35. The molecule has 2 fully saturated rings. The highest BCUT2D eigenvalue weighted by atomic mass is 16.5. The molecule has 0 aliphatic heterocycles. The van der Waals surface area contributed by atoms with Gasteiger partial charge in [0, 0.05) is 5.92 Å². The highest BCUT2D eigenvalue weighted by molar-refractivity contribution is 5.53. The Labute approximate surface area is 108 Å². The van der Waals surface area contributed by atoms with Gasteiger partial charge in [0.1, 0.15) is 12.0 Å². The largest absolute Gasteiger partial charge is 0.490 e. The van der Waals surface area contributed by atoms with Crippen molar-refractivity contribution >= 4 is 6.29 Å². The average molecular weight is 244 g/mol. The Balaban J connectivity index is 1.54. The molecule has 0 atom stereocenters. The summed E-state index contributed by atoms with van der Waals surface area (Å²) in [6, 6.07) is 8.59. The predicted molar refractivity (Wildman–Crippen MR) is 70.9 cm³/mol. The van der Waals surface area contributed by atoms with Gasteiger partial charge in [-0.15, -0.1) is 0 Å². The maximum Gasteiger partial charge on any atom is 0.123 e. The lowest BCUT2D eigenvalue weighted by Gasteiger charge is -2.26. The zero-order valence-corrected chi connectivity index (χ0v) is 10.7. The molecule has 0 bridgehead atoms. The molecule has 0 unspecified atom stereocenters. The minimum absolute atomic E-state index is 0.266. The molecule has 0 amide bonds. The van der Waals surface area contributed by atoms with E-state index in [0.717, 1.165) is 43.6 Å². The maximum atomic E-state index is 10.7. The van der Waals surface area contributed by atoms with Gasteiger partial charge in [0.15, 0.2) is 0 Å². The molecule has 3 rings (SSSR count). The van der Waals surface area contributed by atoms with E-state index in [2.05, 4.69) is 24.3 Å². The van der Waals surface area contributed by atoms with Crippen LogP contribution in [0.15, 0.2) is 24.3 Å². The van der Waals surface area contributed by atoms with E-state index in [1.165, 1.54) is 18.4 Å². The van der Waals surface area contributed by atoms with Crippen molar-refractivity contribution in [1.29, 1.82) is 0 Å². The van der Waals surface area contributed by atoms with E-state index in [9.17, 15) is 4.79 Å². The van der Waals surface area contributed by atoms with Crippen molar-refractivity contribution in [3.05, 3.63) is 29.8 Å². The van der Waals surface area contributed by atoms with Crippen LogP contribution in [-0.4, -0.2) is 12.4 Å². The molecule has 0 saturated heterocycles. The van der Waals surface area contributed by atoms with E-state index < -0.39 is 0 Å². The first-order chi connectivity index (χ1) is 8.85. The van der Waals surface area contributed by atoms with E-state index in [0.29, 0.717) is 6.10 Å². The molecule has 0 N–H and O–H groups in total. The highest BCUT2D eigenvalue weighted by Gasteiger charge is 2.24. The van der Waals surface area contributed by atoms with Crippen LogP contribution in [0, 0.1) is 5.92 Å². The molecule has 1 aromatic carbocycles. The van der Waals surface area contributed by atoms with Crippen LogP contribution in [0.4, 0.5) is 0 Å². The normalized spacial score (nSPS) is 27.8. The standard InChI is InChI=1S/C16H20O2/c17-11-12-1-7-15(8-2-12)18-16-9-5-14(6-10-16)13-3-4-13/h5-6,9-13,15H,1-4,7-8H2/t12-,15-. The molecule has 0 aromatic heterocycles. The average Bonchev–Trinajstić information content (AvgIpc) is 3.25. The fourth-order valence-corrected chi connectivity index (χ4v) is 2.77. The third-order valence-electron chi connectivity index (χ3n) is 4.14. The second kappa shape index (κ2) is 5.13. The Bertz CT molecular complexity index is 398. The Morgan fingerprint density at radius 1 is 0.944 bits per heavy atom. The molecule has 1 aromatic rings. The first-order valence-electron chi connectivity index (χ1n) is 7.07. The number of hydrogen-bond donors (Lipinski definition) is 0. The number of ether oxygens (including phenoxy) is 1. The van der Waals surface area contributed by atoms with Crippen molar-refractivity contribution in [3.8, 4) is 5.75 Å². The van der Waals surface area contributed by atoms with Crippen LogP contribution >= 0.6 is 0 Å². The Morgan fingerprint density at radius 3 is 2.17 bits per heavy atom. The lowest BCUT2D eigenvalue weighted by atomic mass is 9.88. The van der Waals surface area contributed by atoms with Crippen molar-refractivity contribution in [3.63, 3.8) is 0 Å². The van der Waals surface area contributed by atoms with Gasteiger partial charge in [-0.25, -0.2) is 0 Å². The topological polar surface area (TPSA) is 26.3 Å². The molecule has 2 aliphatic rings. The number of benzene rings is 1. The highest BCUT2D eigenvalue weighted by Crippen LogP contribution is 2.40. The first-order valence-corrected chi connectivity index (χ1v) is 7.07. The van der Waals surface area contributed by atoms with E-state index in [-0.39, 0.29) is 5.92 Å². The molecule has 0 radical (unpaired) electrons. The van der Waals surface area contributed by atoms with Crippen molar-refractivity contribution in [2.75, 3.05) is 0 Å². The van der Waals surface area contributed by atoms with Crippen LogP contribution in [0.25, 0.3) is 0 Å². The fraction of sp³-hybridized carbons (Fsp3) is 0.562. The van der Waals surface area contributed by atoms with Crippen LogP contribution in [0.2, 0.25) is 0 Å². The van der Waals surface area contributed by atoms with Gasteiger partial charge in [-0.05, 0) is 62.1 Å².